The first-order valence-corrected chi connectivity index (χ1v) is 5.60. The Hall–Kier alpha value is -1.50. The molecule has 0 saturated carbocycles. The molecule has 0 N–H and O–H groups in total. The van der Waals surface area contributed by atoms with E-state index in [-0.39, 0.29) is 19.1 Å². The van der Waals surface area contributed by atoms with E-state index in [0.29, 0.717) is 0 Å². The van der Waals surface area contributed by atoms with E-state index < -0.39 is 17.3 Å². The summed E-state index contributed by atoms with van der Waals surface area (Å²) in [5, 5.41) is 0. The van der Waals surface area contributed by atoms with Gasteiger partial charge >= 0.3 is 5.97 Å². The van der Waals surface area contributed by atoms with Crippen LogP contribution in [0.4, 0.5) is 0 Å². The third kappa shape index (κ3) is 4.48. The van der Waals surface area contributed by atoms with Gasteiger partial charge in [0.2, 0.25) is 5.91 Å². The summed E-state index contributed by atoms with van der Waals surface area (Å²) in [4.78, 5) is 25.3. The van der Waals surface area contributed by atoms with Crippen LogP contribution in [0.1, 0.15) is 27.7 Å². The minimum Gasteiger partial charge on any atom is -0.465 e. The number of rotatable bonds is 4. The highest BCUT2D eigenvalue weighted by Gasteiger charge is 2.40. The molecular weight excluding hydrogens is 218 g/mol. The van der Waals surface area contributed by atoms with Crippen molar-refractivity contribution in [2.45, 2.75) is 27.7 Å². The second-order valence-corrected chi connectivity index (χ2v) is 4.95. The van der Waals surface area contributed by atoms with Crippen LogP contribution < -0.4 is 0 Å². The minimum absolute atomic E-state index is 0.185. The highest BCUT2D eigenvalue weighted by Crippen LogP contribution is 2.28. The van der Waals surface area contributed by atoms with Gasteiger partial charge in [-0.1, -0.05) is 26.7 Å². The maximum atomic E-state index is 12.1. The Bertz CT molecular complexity index is 323. The van der Waals surface area contributed by atoms with E-state index in [0.717, 1.165) is 0 Å². The van der Waals surface area contributed by atoms with Crippen LogP contribution in [0.2, 0.25) is 0 Å². The first-order valence-electron chi connectivity index (χ1n) is 5.60. The summed E-state index contributed by atoms with van der Waals surface area (Å²) in [5.41, 5.74) is -0.494. The molecule has 0 aromatic carbocycles. The SMILES string of the molecule is C#CCN(C)C(=O)C(C(=O)OCC)C(C)(C)C. The van der Waals surface area contributed by atoms with Crippen molar-refractivity contribution in [1.29, 1.82) is 0 Å². The highest BCUT2D eigenvalue weighted by atomic mass is 16.5. The van der Waals surface area contributed by atoms with Gasteiger partial charge in [0.15, 0.2) is 0 Å². The molecular formula is C13H21NO3. The average Bonchev–Trinajstić information content (AvgIpc) is 2.16. The maximum absolute atomic E-state index is 12.1. The van der Waals surface area contributed by atoms with Gasteiger partial charge in [-0.25, -0.2) is 0 Å². The zero-order valence-corrected chi connectivity index (χ0v) is 11.2. The van der Waals surface area contributed by atoms with E-state index in [2.05, 4.69) is 5.92 Å². The van der Waals surface area contributed by atoms with E-state index in [1.165, 1.54) is 4.90 Å². The van der Waals surface area contributed by atoms with E-state index in [1.807, 2.05) is 20.8 Å². The number of ether oxygens (including phenoxy) is 1. The summed E-state index contributed by atoms with van der Waals surface area (Å²) in [5.74, 6) is 0.771. The molecule has 17 heavy (non-hydrogen) atoms. The number of amides is 1. The quantitative estimate of drug-likeness (QED) is 0.422. The largest absolute Gasteiger partial charge is 0.465 e. The van der Waals surface area contributed by atoms with Crippen LogP contribution >= 0.6 is 0 Å². The van der Waals surface area contributed by atoms with Crippen LogP contribution in [0.15, 0.2) is 0 Å². The van der Waals surface area contributed by atoms with E-state index in [9.17, 15) is 9.59 Å². The Balaban J connectivity index is 5.01. The van der Waals surface area contributed by atoms with Gasteiger partial charge in [-0.2, -0.15) is 0 Å². The van der Waals surface area contributed by atoms with Crippen molar-refractivity contribution in [2.75, 3.05) is 20.2 Å². The van der Waals surface area contributed by atoms with Gasteiger partial charge in [-0.3, -0.25) is 9.59 Å². The van der Waals surface area contributed by atoms with Gasteiger partial charge in [0.1, 0.15) is 5.92 Å². The minimum atomic E-state index is -0.819. The van der Waals surface area contributed by atoms with Crippen molar-refractivity contribution in [3.8, 4) is 12.3 Å². The number of nitrogens with zero attached hydrogens (tertiary/aromatic N) is 1. The summed E-state index contributed by atoms with van der Waals surface area (Å²) in [6, 6.07) is 0. The smallest absolute Gasteiger partial charge is 0.319 e. The predicted octanol–water partition coefficient (Wildman–Crippen LogP) is 1.30. The fourth-order valence-electron chi connectivity index (χ4n) is 1.49. The van der Waals surface area contributed by atoms with Gasteiger partial charge in [0, 0.05) is 7.05 Å². The second kappa shape index (κ2) is 6.29. The van der Waals surface area contributed by atoms with Crippen molar-refractivity contribution >= 4 is 11.9 Å². The maximum Gasteiger partial charge on any atom is 0.319 e. The number of hydrogen-bond acceptors (Lipinski definition) is 3. The van der Waals surface area contributed by atoms with Crippen LogP contribution in [0.5, 0.6) is 0 Å². The Morgan fingerprint density at radius 2 is 1.94 bits per heavy atom. The third-order valence-corrected chi connectivity index (χ3v) is 2.34. The second-order valence-electron chi connectivity index (χ2n) is 4.95. The molecule has 0 fully saturated rings. The van der Waals surface area contributed by atoms with Crippen molar-refractivity contribution in [3.63, 3.8) is 0 Å². The molecule has 0 aliphatic heterocycles. The molecule has 0 spiro atoms. The fourth-order valence-corrected chi connectivity index (χ4v) is 1.49. The Morgan fingerprint density at radius 1 is 1.41 bits per heavy atom. The van der Waals surface area contributed by atoms with Crippen molar-refractivity contribution in [3.05, 3.63) is 0 Å². The van der Waals surface area contributed by atoms with E-state index in [4.69, 9.17) is 11.2 Å². The van der Waals surface area contributed by atoms with E-state index >= 15 is 0 Å². The average molecular weight is 239 g/mol. The predicted molar refractivity (Wildman–Crippen MR) is 66.0 cm³/mol. The summed E-state index contributed by atoms with van der Waals surface area (Å²) >= 11 is 0. The zero-order valence-electron chi connectivity index (χ0n) is 11.2. The first kappa shape index (κ1) is 15.5. The molecule has 1 atom stereocenters. The number of terminal acetylenes is 1. The zero-order chi connectivity index (χ0) is 13.6. The molecule has 0 bridgehead atoms. The first-order chi connectivity index (χ1) is 7.75. The lowest BCUT2D eigenvalue weighted by Gasteiger charge is -2.30. The summed E-state index contributed by atoms with van der Waals surface area (Å²) < 4.78 is 4.94. The molecule has 96 valence electrons. The molecule has 4 nitrogen and oxygen atoms in total. The van der Waals surface area contributed by atoms with Crippen molar-refractivity contribution in [1.82, 2.24) is 4.90 Å². The highest BCUT2D eigenvalue weighted by molar-refractivity contribution is 5.98. The molecule has 0 radical (unpaired) electrons. The normalized spacial score (nSPS) is 12.5. The Morgan fingerprint density at radius 3 is 2.29 bits per heavy atom. The van der Waals surface area contributed by atoms with Crippen molar-refractivity contribution < 1.29 is 14.3 Å². The molecule has 0 rings (SSSR count). The lowest BCUT2D eigenvalue weighted by Crippen LogP contribution is -2.44. The Labute approximate surface area is 103 Å². The van der Waals surface area contributed by atoms with E-state index in [1.54, 1.807) is 14.0 Å². The number of carbonyl (C=O) groups excluding carboxylic acids is 2. The molecule has 4 heteroatoms. The fraction of sp³-hybridized carbons (Fsp3) is 0.692. The monoisotopic (exact) mass is 239 g/mol. The molecule has 0 aliphatic carbocycles. The van der Waals surface area contributed by atoms with Crippen LogP contribution in [0.3, 0.4) is 0 Å². The van der Waals surface area contributed by atoms with Gasteiger partial charge < -0.3 is 9.64 Å². The lowest BCUT2D eigenvalue weighted by molar-refractivity contribution is -0.159. The molecule has 0 aromatic rings. The third-order valence-electron chi connectivity index (χ3n) is 2.34. The molecule has 1 unspecified atom stereocenters. The molecule has 0 aliphatic rings. The van der Waals surface area contributed by atoms with Crippen molar-refractivity contribution in [2.24, 2.45) is 11.3 Å². The topological polar surface area (TPSA) is 46.6 Å². The standard InChI is InChI=1S/C13H21NO3/c1-7-9-14(6)11(15)10(13(3,4)5)12(16)17-8-2/h1,10H,8-9H2,2-6H3. The molecule has 0 saturated heterocycles. The summed E-state index contributed by atoms with van der Waals surface area (Å²) in [6.07, 6.45) is 5.15. The molecule has 0 heterocycles. The van der Waals surface area contributed by atoms with Crippen LogP contribution in [0.25, 0.3) is 0 Å². The summed E-state index contributed by atoms with van der Waals surface area (Å²) in [7, 11) is 1.58. The number of esters is 1. The number of hydrogen-bond donors (Lipinski definition) is 0. The van der Waals surface area contributed by atoms with Gasteiger partial charge in [0.25, 0.3) is 0 Å². The lowest BCUT2D eigenvalue weighted by atomic mass is 9.80. The van der Waals surface area contributed by atoms with Gasteiger partial charge in [-0.15, -0.1) is 6.42 Å². The molecule has 1 amide bonds. The van der Waals surface area contributed by atoms with Gasteiger partial charge in [-0.05, 0) is 12.3 Å². The van der Waals surface area contributed by atoms with Gasteiger partial charge in [0.05, 0.1) is 13.2 Å². The van der Waals surface area contributed by atoms with Crippen LogP contribution in [-0.2, 0) is 14.3 Å². The summed E-state index contributed by atoms with van der Waals surface area (Å²) in [6.45, 7) is 7.65. The number of carbonyl (C=O) groups is 2. The van der Waals surface area contributed by atoms with Crippen LogP contribution in [-0.4, -0.2) is 37.0 Å². The Kier molecular flexibility index (Phi) is 5.73. The van der Waals surface area contributed by atoms with Crippen LogP contribution in [0, 0.1) is 23.7 Å². The molecule has 0 aromatic heterocycles.